The molecule has 8 heteroatoms. The minimum Gasteiger partial charge on any atom is -0.493 e. The van der Waals surface area contributed by atoms with E-state index in [0.29, 0.717) is 35.7 Å². The highest BCUT2D eigenvalue weighted by Crippen LogP contribution is 2.37. The molecule has 1 aromatic rings. The molecule has 0 fully saturated rings. The van der Waals surface area contributed by atoms with Gasteiger partial charge in [-0.25, -0.2) is 5.43 Å². The third-order valence-electron chi connectivity index (χ3n) is 3.85. The summed E-state index contributed by atoms with van der Waals surface area (Å²) in [5.74, 6) is 1.15. The number of hydrogen-bond donors (Lipinski definition) is 1. The van der Waals surface area contributed by atoms with Crippen LogP contribution in [-0.2, 0) is 14.3 Å². The van der Waals surface area contributed by atoms with Gasteiger partial charge in [0.1, 0.15) is 0 Å². The molecule has 0 saturated heterocycles. The Morgan fingerprint density at radius 2 is 1.52 bits per heavy atom. The van der Waals surface area contributed by atoms with Crippen LogP contribution in [0.1, 0.15) is 44.1 Å². The number of hydrogen-bond acceptors (Lipinski definition) is 7. The molecule has 0 aliphatic heterocycles. The van der Waals surface area contributed by atoms with Crippen LogP contribution in [0.5, 0.6) is 17.2 Å². The van der Waals surface area contributed by atoms with E-state index in [9.17, 15) is 9.59 Å². The molecule has 150 valence electrons. The Morgan fingerprint density at radius 1 is 0.926 bits per heavy atom. The molecule has 1 rings (SSSR count). The minimum atomic E-state index is -0.200. The number of esters is 1. The topological polar surface area (TPSA) is 95.5 Å². The van der Waals surface area contributed by atoms with Crippen LogP contribution in [0.3, 0.4) is 0 Å². The highest BCUT2D eigenvalue weighted by Gasteiger charge is 2.12. The average Bonchev–Trinajstić information content (AvgIpc) is 2.69. The van der Waals surface area contributed by atoms with Gasteiger partial charge in [-0.15, -0.1) is 0 Å². The number of ether oxygens (including phenoxy) is 4. The van der Waals surface area contributed by atoms with Crippen LogP contribution >= 0.6 is 0 Å². The number of carbonyl (C=O) groups is 2. The van der Waals surface area contributed by atoms with Crippen LogP contribution in [0.2, 0.25) is 0 Å². The van der Waals surface area contributed by atoms with Gasteiger partial charge in [0.25, 0.3) is 0 Å². The average molecular weight is 380 g/mol. The van der Waals surface area contributed by atoms with E-state index in [2.05, 4.69) is 15.3 Å². The van der Waals surface area contributed by atoms with Crippen molar-refractivity contribution in [1.82, 2.24) is 5.43 Å². The minimum absolute atomic E-state index is 0.161. The van der Waals surface area contributed by atoms with Crippen LogP contribution in [0.15, 0.2) is 17.2 Å². The van der Waals surface area contributed by atoms with Crippen molar-refractivity contribution in [3.05, 3.63) is 17.7 Å². The molecule has 0 saturated carbocycles. The molecule has 1 amide bonds. The van der Waals surface area contributed by atoms with Crippen molar-refractivity contribution in [2.24, 2.45) is 5.10 Å². The summed E-state index contributed by atoms with van der Waals surface area (Å²) in [5, 5.41) is 3.96. The lowest BCUT2D eigenvalue weighted by molar-refractivity contribution is -0.140. The Balaban J connectivity index is 2.41. The standard InChI is InChI=1S/C19H28N2O6/c1-24-15-11-14(12-16(25-2)19(15)27-4)13-20-21-17(22)9-7-5-6-8-10-18(23)26-3/h11-13H,5-10H2,1-4H3,(H,21,22)/b20-13+. The highest BCUT2D eigenvalue weighted by atomic mass is 16.5. The van der Waals surface area contributed by atoms with E-state index in [0.717, 1.165) is 25.7 Å². The third kappa shape index (κ3) is 7.98. The van der Waals surface area contributed by atoms with E-state index in [1.807, 2.05) is 0 Å². The predicted octanol–water partition coefficient (Wildman–Crippen LogP) is 2.68. The zero-order valence-corrected chi connectivity index (χ0v) is 16.4. The molecule has 27 heavy (non-hydrogen) atoms. The van der Waals surface area contributed by atoms with Crippen LogP contribution in [0.25, 0.3) is 0 Å². The number of methoxy groups -OCH3 is 4. The van der Waals surface area contributed by atoms with Crippen molar-refractivity contribution >= 4 is 18.1 Å². The summed E-state index contributed by atoms with van der Waals surface area (Å²) in [5.41, 5.74) is 3.20. The molecule has 0 aliphatic rings. The molecule has 0 spiro atoms. The predicted molar refractivity (Wildman–Crippen MR) is 102 cm³/mol. The van der Waals surface area contributed by atoms with Crippen LogP contribution in [-0.4, -0.2) is 46.5 Å². The molecular formula is C19H28N2O6. The van der Waals surface area contributed by atoms with Crippen molar-refractivity contribution < 1.29 is 28.5 Å². The van der Waals surface area contributed by atoms with Crippen LogP contribution < -0.4 is 19.6 Å². The first-order valence-corrected chi connectivity index (χ1v) is 8.74. The number of amides is 1. The molecular weight excluding hydrogens is 352 g/mol. The summed E-state index contributed by atoms with van der Waals surface area (Å²) in [4.78, 5) is 22.8. The smallest absolute Gasteiger partial charge is 0.305 e. The van der Waals surface area contributed by atoms with Crippen LogP contribution in [0, 0.1) is 0 Å². The fraction of sp³-hybridized carbons (Fsp3) is 0.526. The first-order valence-electron chi connectivity index (χ1n) is 8.74. The van der Waals surface area contributed by atoms with E-state index in [1.54, 1.807) is 12.1 Å². The van der Waals surface area contributed by atoms with Gasteiger partial charge in [-0.2, -0.15) is 5.10 Å². The van der Waals surface area contributed by atoms with E-state index in [-0.39, 0.29) is 11.9 Å². The van der Waals surface area contributed by atoms with Gasteiger partial charge in [-0.3, -0.25) is 9.59 Å². The van der Waals surface area contributed by atoms with Gasteiger partial charge in [0.05, 0.1) is 34.7 Å². The summed E-state index contributed by atoms with van der Waals surface area (Å²) in [6.45, 7) is 0. The fourth-order valence-corrected chi connectivity index (χ4v) is 2.42. The maximum Gasteiger partial charge on any atom is 0.305 e. The summed E-state index contributed by atoms with van der Waals surface area (Å²) < 4.78 is 20.4. The van der Waals surface area contributed by atoms with Gasteiger partial charge in [0, 0.05) is 18.4 Å². The lowest BCUT2D eigenvalue weighted by Gasteiger charge is -2.12. The Kier molecular flexibility index (Phi) is 10.4. The van der Waals surface area contributed by atoms with Crippen molar-refractivity contribution in [3.8, 4) is 17.2 Å². The van der Waals surface area contributed by atoms with Crippen molar-refractivity contribution in [2.45, 2.75) is 38.5 Å². The highest BCUT2D eigenvalue weighted by molar-refractivity contribution is 5.84. The maximum absolute atomic E-state index is 11.8. The number of benzene rings is 1. The van der Waals surface area contributed by atoms with Gasteiger partial charge in [0.2, 0.25) is 11.7 Å². The van der Waals surface area contributed by atoms with Gasteiger partial charge >= 0.3 is 5.97 Å². The Labute approximate surface area is 159 Å². The second-order valence-corrected chi connectivity index (χ2v) is 5.74. The molecule has 1 N–H and O–H groups in total. The summed E-state index contributed by atoms with van der Waals surface area (Å²) in [7, 11) is 5.98. The number of nitrogens with one attached hydrogen (secondary N) is 1. The number of carbonyl (C=O) groups excluding carboxylic acids is 2. The molecule has 0 radical (unpaired) electrons. The Bertz CT molecular complexity index is 620. The van der Waals surface area contributed by atoms with E-state index >= 15 is 0 Å². The van der Waals surface area contributed by atoms with E-state index in [1.165, 1.54) is 34.7 Å². The summed E-state index contributed by atoms with van der Waals surface area (Å²) in [6, 6.07) is 3.47. The fourth-order valence-electron chi connectivity index (χ4n) is 2.42. The first-order chi connectivity index (χ1) is 13.0. The third-order valence-corrected chi connectivity index (χ3v) is 3.85. The monoisotopic (exact) mass is 380 g/mol. The molecule has 8 nitrogen and oxygen atoms in total. The largest absolute Gasteiger partial charge is 0.493 e. The number of hydrazone groups is 1. The van der Waals surface area contributed by atoms with E-state index < -0.39 is 0 Å². The molecule has 0 unspecified atom stereocenters. The van der Waals surface area contributed by atoms with E-state index in [4.69, 9.17) is 14.2 Å². The first kappa shape index (κ1) is 22.3. The summed E-state index contributed by atoms with van der Waals surface area (Å²) in [6.07, 6.45) is 5.59. The van der Waals surface area contributed by atoms with Gasteiger partial charge in [-0.05, 0) is 25.0 Å². The Morgan fingerprint density at radius 3 is 2.04 bits per heavy atom. The SMILES string of the molecule is COC(=O)CCCCCCC(=O)N/N=C/c1cc(OC)c(OC)c(OC)c1. The second-order valence-electron chi connectivity index (χ2n) is 5.74. The van der Waals surface area contributed by atoms with Crippen molar-refractivity contribution in [2.75, 3.05) is 28.4 Å². The Hall–Kier alpha value is -2.77. The number of nitrogens with zero attached hydrogens (tertiary/aromatic N) is 1. The normalized spacial score (nSPS) is 10.5. The lowest BCUT2D eigenvalue weighted by atomic mass is 10.1. The van der Waals surface area contributed by atoms with Crippen molar-refractivity contribution in [1.29, 1.82) is 0 Å². The molecule has 1 aromatic carbocycles. The lowest BCUT2D eigenvalue weighted by Crippen LogP contribution is -2.16. The van der Waals surface area contributed by atoms with Gasteiger partial charge < -0.3 is 18.9 Å². The van der Waals surface area contributed by atoms with Crippen LogP contribution in [0.4, 0.5) is 0 Å². The zero-order valence-electron chi connectivity index (χ0n) is 16.4. The number of rotatable bonds is 12. The molecule has 0 aliphatic carbocycles. The molecule has 0 aromatic heterocycles. The molecule has 0 heterocycles. The molecule has 0 atom stereocenters. The van der Waals surface area contributed by atoms with Gasteiger partial charge in [0.15, 0.2) is 11.5 Å². The van der Waals surface area contributed by atoms with Crippen molar-refractivity contribution in [3.63, 3.8) is 0 Å². The quantitative estimate of drug-likeness (QED) is 0.259. The maximum atomic E-state index is 11.8. The second kappa shape index (κ2) is 12.6. The number of unbranched alkanes of at least 4 members (excludes halogenated alkanes) is 3. The molecule has 0 bridgehead atoms. The summed E-state index contributed by atoms with van der Waals surface area (Å²) >= 11 is 0. The van der Waals surface area contributed by atoms with Gasteiger partial charge in [-0.1, -0.05) is 12.8 Å². The zero-order chi connectivity index (χ0) is 20.1.